The van der Waals surface area contributed by atoms with Crippen LogP contribution in [0.1, 0.15) is 54.8 Å². The van der Waals surface area contributed by atoms with Crippen molar-refractivity contribution in [2.24, 2.45) is 11.8 Å². The lowest BCUT2D eigenvalue weighted by Crippen LogP contribution is -2.33. The second-order valence-electron chi connectivity index (χ2n) is 6.42. The maximum atomic E-state index is 12.2. The van der Waals surface area contributed by atoms with Gasteiger partial charge < -0.3 is 11.1 Å². The molecule has 0 bridgehead atoms. The Morgan fingerprint density at radius 2 is 2.05 bits per heavy atom. The third kappa shape index (κ3) is 2.29. The van der Waals surface area contributed by atoms with Crippen LogP contribution >= 0.6 is 11.3 Å². The molecule has 1 heterocycles. The van der Waals surface area contributed by atoms with Crippen LogP contribution in [0, 0.1) is 23.2 Å². The van der Waals surface area contributed by atoms with E-state index in [0.29, 0.717) is 22.0 Å². The predicted octanol–water partition coefficient (Wildman–Crippen LogP) is 3.40. The summed E-state index contributed by atoms with van der Waals surface area (Å²) >= 11 is 1.35. The van der Waals surface area contributed by atoms with Gasteiger partial charge in [0.1, 0.15) is 16.6 Å². The number of anilines is 2. The Hall–Kier alpha value is -1.54. The monoisotopic (exact) mass is 289 g/mol. The van der Waals surface area contributed by atoms with Gasteiger partial charge in [-0.3, -0.25) is 4.79 Å². The standard InChI is InChI=1S/C15H19N3OS/c1-15(2,9-5-6-9)18-14-10(7-16)11(17)13(20-14)12(19)8-3-4-8/h8-9,18H,3-6,17H2,1-2H3. The molecule has 3 rings (SSSR count). The molecule has 2 aliphatic carbocycles. The third-order valence-corrected chi connectivity index (χ3v) is 5.40. The summed E-state index contributed by atoms with van der Waals surface area (Å²) in [6, 6.07) is 2.15. The first-order valence-corrected chi connectivity index (χ1v) is 7.90. The maximum absolute atomic E-state index is 12.2. The highest BCUT2D eigenvalue weighted by molar-refractivity contribution is 7.19. The second kappa shape index (κ2) is 4.49. The van der Waals surface area contributed by atoms with Gasteiger partial charge >= 0.3 is 0 Å². The van der Waals surface area contributed by atoms with E-state index in [4.69, 9.17) is 5.73 Å². The molecule has 2 saturated carbocycles. The summed E-state index contributed by atoms with van der Waals surface area (Å²) in [4.78, 5) is 12.8. The minimum atomic E-state index is -0.0528. The molecule has 1 aromatic heterocycles. The van der Waals surface area contributed by atoms with E-state index in [9.17, 15) is 10.1 Å². The quantitative estimate of drug-likeness (QED) is 0.814. The summed E-state index contributed by atoms with van der Waals surface area (Å²) < 4.78 is 0. The van der Waals surface area contributed by atoms with Crippen molar-refractivity contribution in [2.75, 3.05) is 11.1 Å². The summed E-state index contributed by atoms with van der Waals surface area (Å²) in [6.07, 6.45) is 4.34. The SMILES string of the molecule is CC(C)(Nc1sc(C(=O)C2CC2)c(N)c1C#N)C1CC1. The van der Waals surface area contributed by atoms with Gasteiger partial charge in [-0.2, -0.15) is 5.26 Å². The number of carbonyl (C=O) groups is 1. The molecular formula is C15H19N3OS. The second-order valence-corrected chi connectivity index (χ2v) is 7.44. The van der Waals surface area contributed by atoms with E-state index in [1.807, 2.05) is 0 Å². The molecule has 2 aliphatic rings. The number of nitrogens with two attached hydrogens (primary N) is 1. The number of nitrogens with one attached hydrogen (secondary N) is 1. The van der Waals surface area contributed by atoms with E-state index in [2.05, 4.69) is 25.2 Å². The number of rotatable bonds is 5. The van der Waals surface area contributed by atoms with Crippen molar-refractivity contribution >= 4 is 27.8 Å². The molecule has 5 heteroatoms. The number of carbonyl (C=O) groups excluding carboxylic acids is 1. The van der Waals surface area contributed by atoms with Crippen molar-refractivity contribution in [1.82, 2.24) is 0 Å². The van der Waals surface area contributed by atoms with Gasteiger partial charge in [0.2, 0.25) is 0 Å². The zero-order valence-corrected chi connectivity index (χ0v) is 12.6. The number of hydrogen-bond acceptors (Lipinski definition) is 5. The van der Waals surface area contributed by atoms with Crippen LogP contribution in [0.3, 0.4) is 0 Å². The van der Waals surface area contributed by atoms with Gasteiger partial charge in [-0.1, -0.05) is 0 Å². The Morgan fingerprint density at radius 3 is 2.55 bits per heavy atom. The van der Waals surface area contributed by atoms with Crippen molar-refractivity contribution < 1.29 is 4.79 Å². The largest absolute Gasteiger partial charge is 0.396 e. The fourth-order valence-electron chi connectivity index (χ4n) is 2.56. The minimum absolute atomic E-state index is 0.0528. The van der Waals surface area contributed by atoms with Crippen molar-refractivity contribution in [3.05, 3.63) is 10.4 Å². The van der Waals surface area contributed by atoms with Crippen molar-refractivity contribution in [2.45, 2.75) is 45.1 Å². The van der Waals surface area contributed by atoms with Crippen LogP contribution in [-0.4, -0.2) is 11.3 Å². The number of nitriles is 1. The molecule has 0 spiro atoms. The lowest BCUT2D eigenvalue weighted by atomic mass is 9.99. The fourth-order valence-corrected chi connectivity index (χ4v) is 3.81. The first-order chi connectivity index (χ1) is 9.44. The highest BCUT2D eigenvalue weighted by atomic mass is 32.1. The molecule has 106 valence electrons. The van der Waals surface area contributed by atoms with Gasteiger partial charge in [-0.05, 0) is 45.4 Å². The number of hydrogen-bond donors (Lipinski definition) is 2. The molecule has 0 radical (unpaired) electrons. The molecule has 0 saturated heterocycles. The van der Waals surface area contributed by atoms with E-state index >= 15 is 0 Å². The van der Waals surface area contributed by atoms with Gasteiger partial charge in [-0.25, -0.2) is 0 Å². The van der Waals surface area contributed by atoms with Crippen LogP contribution in [-0.2, 0) is 0 Å². The summed E-state index contributed by atoms with van der Waals surface area (Å²) in [5.74, 6) is 0.882. The van der Waals surface area contributed by atoms with Crippen LogP contribution in [0.25, 0.3) is 0 Å². The summed E-state index contributed by atoms with van der Waals surface area (Å²) in [6.45, 7) is 4.29. The van der Waals surface area contributed by atoms with E-state index < -0.39 is 0 Å². The first-order valence-electron chi connectivity index (χ1n) is 7.08. The lowest BCUT2D eigenvalue weighted by Gasteiger charge is -2.26. The predicted molar refractivity (Wildman–Crippen MR) is 80.9 cm³/mol. The van der Waals surface area contributed by atoms with Gasteiger partial charge in [0, 0.05) is 11.5 Å². The molecule has 0 aliphatic heterocycles. The summed E-state index contributed by atoms with van der Waals surface area (Å²) in [5, 5.41) is 13.5. The Labute approximate surface area is 123 Å². The molecule has 2 fully saturated rings. The number of thiophene rings is 1. The van der Waals surface area contributed by atoms with Crippen molar-refractivity contribution in [3.8, 4) is 6.07 Å². The topological polar surface area (TPSA) is 78.9 Å². The highest BCUT2D eigenvalue weighted by Gasteiger charge is 2.39. The molecule has 0 unspecified atom stereocenters. The number of nitrogen functional groups attached to an aromatic ring is 1. The molecule has 1 aromatic rings. The molecule has 0 aromatic carbocycles. The van der Waals surface area contributed by atoms with Crippen LogP contribution in [0.15, 0.2) is 0 Å². The van der Waals surface area contributed by atoms with E-state index in [1.165, 1.54) is 24.2 Å². The Morgan fingerprint density at radius 1 is 1.40 bits per heavy atom. The molecule has 0 atom stereocenters. The van der Waals surface area contributed by atoms with Crippen molar-refractivity contribution in [1.29, 1.82) is 5.26 Å². The van der Waals surface area contributed by atoms with E-state index in [0.717, 1.165) is 17.8 Å². The summed E-state index contributed by atoms with van der Waals surface area (Å²) in [7, 11) is 0. The molecule has 4 nitrogen and oxygen atoms in total. The molecule has 3 N–H and O–H groups in total. The Kier molecular flexibility index (Phi) is 3.02. The van der Waals surface area contributed by atoms with Gasteiger partial charge in [0.15, 0.2) is 5.78 Å². The normalized spacial score (nSPS) is 18.6. The van der Waals surface area contributed by atoms with Crippen LogP contribution in [0.5, 0.6) is 0 Å². The van der Waals surface area contributed by atoms with Gasteiger partial charge in [-0.15, -0.1) is 11.3 Å². The van der Waals surface area contributed by atoms with Gasteiger partial charge in [0.05, 0.1) is 10.6 Å². The summed E-state index contributed by atoms with van der Waals surface area (Å²) in [5.41, 5.74) is 6.77. The zero-order valence-electron chi connectivity index (χ0n) is 11.8. The zero-order chi connectivity index (χ0) is 14.5. The molecular weight excluding hydrogens is 270 g/mol. The number of Topliss-reactive ketones (excluding diaryl/α,β-unsaturated/α-hetero) is 1. The molecule has 0 amide bonds. The first kappa shape index (κ1) is 13.4. The van der Waals surface area contributed by atoms with E-state index in [-0.39, 0.29) is 17.2 Å². The average Bonchev–Trinajstić information content (AvgIpc) is 3.27. The number of ketones is 1. The average molecular weight is 289 g/mol. The third-order valence-electron chi connectivity index (χ3n) is 4.26. The van der Waals surface area contributed by atoms with Crippen LogP contribution < -0.4 is 11.1 Å². The minimum Gasteiger partial charge on any atom is -0.396 e. The maximum Gasteiger partial charge on any atom is 0.178 e. The lowest BCUT2D eigenvalue weighted by molar-refractivity contribution is 0.0972. The smallest absolute Gasteiger partial charge is 0.178 e. The Bertz CT molecular complexity index is 603. The highest BCUT2D eigenvalue weighted by Crippen LogP contribution is 2.45. The van der Waals surface area contributed by atoms with Crippen LogP contribution in [0.2, 0.25) is 0 Å². The number of nitrogens with zero attached hydrogens (tertiary/aromatic N) is 1. The van der Waals surface area contributed by atoms with Gasteiger partial charge in [0.25, 0.3) is 0 Å². The van der Waals surface area contributed by atoms with Crippen LogP contribution in [0.4, 0.5) is 10.7 Å². The fraction of sp³-hybridized carbons (Fsp3) is 0.600. The van der Waals surface area contributed by atoms with E-state index in [1.54, 1.807) is 0 Å². The molecule has 20 heavy (non-hydrogen) atoms. The Balaban J connectivity index is 1.92. The van der Waals surface area contributed by atoms with Crippen molar-refractivity contribution in [3.63, 3.8) is 0 Å².